The van der Waals surface area contributed by atoms with E-state index in [0.29, 0.717) is 6.54 Å². The Morgan fingerprint density at radius 3 is 2.29 bits per heavy atom. The molecule has 0 saturated carbocycles. The minimum Gasteiger partial charge on any atom is -0.497 e. The third kappa shape index (κ3) is 5.30. The van der Waals surface area contributed by atoms with Crippen LogP contribution in [0.15, 0.2) is 42.5 Å². The first-order valence-electron chi connectivity index (χ1n) is 8.23. The van der Waals surface area contributed by atoms with Gasteiger partial charge in [-0.2, -0.15) is 0 Å². The van der Waals surface area contributed by atoms with E-state index in [1.807, 2.05) is 43.3 Å². The summed E-state index contributed by atoms with van der Waals surface area (Å²) in [6.45, 7) is 6.60. The van der Waals surface area contributed by atoms with E-state index in [0.717, 1.165) is 17.9 Å². The Balaban J connectivity index is 1.80. The Kier molecular flexibility index (Phi) is 6.24. The predicted molar refractivity (Wildman–Crippen MR) is 98.7 cm³/mol. The van der Waals surface area contributed by atoms with E-state index in [1.54, 1.807) is 7.11 Å². The molecule has 0 aliphatic heterocycles. The van der Waals surface area contributed by atoms with Gasteiger partial charge in [0.25, 0.3) is 0 Å². The largest absolute Gasteiger partial charge is 0.497 e. The molecule has 0 spiro atoms. The Morgan fingerprint density at radius 2 is 1.71 bits per heavy atom. The molecule has 1 amide bonds. The van der Waals surface area contributed by atoms with Gasteiger partial charge >= 0.3 is 0 Å². The predicted octanol–water partition coefficient (Wildman–Crippen LogP) is 3.47. The van der Waals surface area contributed by atoms with Gasteiger partial charge in [-0.25, -0.2) is 0 Å². The molecular weight excluding hydrogens is 300 g/mol. The van der Waals surface area contributed by atoms with Crippen molar-refractivity contribution in [1.82, 2.24) is 5.32 Å². The lowest BCUT2D eigenvalue weighted by atomic mass is 10.1. The number of amides is 1. The van der Waals surface area contributed by atoms with Crippen molar-refractivity contribution in [3.63, 3.8) is 0 Å². The Bertz CT molecular complexity index is 660. The Hall–Kier alpha value is -2.49. The highest BCUT2D eigenvalue weighted by molar-refractivity contribution is 5.84. The summed E-state index contributed by atoms with van der Waals surface area (Å²) in [5.41, 5.74) is 4.52. The topological polar surface area (TPSA) is 50.4 Å². The van der Waals surface area contributed by atoms with E-state index in [4.69, 9.17) is 4.74 Å². The summed E-state index contributed by atoms with van der Waals surface area (Å²) in [4.78, 5) is 12.2. The maximum atomic E-state index is 12.2. The fourth-order valence-electron chi connectivity index (χ4n) is 2.65. The molecule has 0 saturated heterocycles. The van der Waals surface area contributed by atoms with Gasteiger partial charge in [0.05, 0.1) is 7.11 Å². The molecule has 0 heterocycles. The molecule has 4 heteroatoms. The van der Waals surface area contributed by atoms with Crippen LogP contribution in [-0.2, 0) is 11.2 Å². The van der Waals surface area contributed by atoms with Crippen molar-refractivity contribution >= 4 is 11.6 Å². The van der Waals surface area contributed by atoms with Crippen LogP contribution in [0.5, 0.6) is 5.75 Å². The third-order valence-corrected chi connectivity index (χ3v) is 3.87. The van der Waals surface area contributed by atoms with Crippen molar-refractivity contribution < 1.29 is 9.53 Å². The van der Waals surface area contributed by atoms with E-state index >= 15 is 0 Å². The van der Waals surface area contributed by atoms with Crippen LogP contribution in [0, 0.1) is 13.8 Å². The second-order valence-corrected chi connectivity index (χ2v) is 6.13. The van der Waals surface area contributed by atoms with Crippen LogP contribution >= 0.6 is 0 Å². The van der Waals surface area contributed by atoms with E-state index < -0.39 is 0 Å². The number of anilines is 1. The zero-order chi connectivity index (χ0) is 17.5. The average molecular weight is 326 g/mol. The SMILES string of the molecule is COc1ccc(CCNC(=O)[C@H](C)Nc2cc(C)cc(C)c2)cc1. The van der Waals surface area contributed by atoms with Gasteiger partial charge in [0.1, 0.15) is 11.8 Å². The van der Waals surface area contributed by atoms with E-state index in [-0.39, 0.29) is 11.9 Å². The number of benzene rings is 2. The summed E-state index contributed by atoms with van der Waals surface area (Å²) in [7, 11) is 1.65. The van der Waals surface area contributed by atoms with Gasteiger partial charge in [-0.15, -0.1) is 0 Å². The standard InChI is InChI=1S/C20H26N2O2/c1-14-11-15(2)13-18(12-14)22-16(3)20(23)21-10-9-17-5-7-19(24-4)8-6-17/h5-8,11-13,16,22H,9-10H2,1-4H3,(H,21,23)/t16-/m0/s1. The van der Waals surface area contributed by atoms with Crippen molar-refractivity contribution in [2.45, 2.75) is 33.2 Å². The zero-order valence-electron chi connectivity index (χ0n) is 14.8. The number of rotatable bonds is 7. The molecule has 0 bridgehead atoms. The Morgan fingerprint density at radius 1 is 1.08 bits per heavy atom. The smallest absolute Gasteiger partial charge is 0.242 e. The molecule has 2 rings (SSSR count). The summed E-state index contributed by atoms with van der Waals surface area (Å²) in [5, 5.41) is 6.23. The quantitative estimate of drug-likeness (QED) is 0.819. The zero-order valence-corrected chi connectivity index (χ0v) is 14.8. The van der Waals surface area contributed by atoms with E-state index in [1.165, 1.54) is 16.7 Å². The number of carbonyl (C=O) groups excluding carboxylic acids is 1. The monoisotopic (exact) mass is 326 g/mol. The highest BCUT2D eigenvalue weighted by Crippen LogP contribution is 2.15. The van der Waals surface area contributed by atoms with Crippen LogP contribution in [0.1, 0.15) is 23.6 Å². The molecule has 1 atom stereocenters. The van der Waals surface area contributed by atoms with Gasteiger partial charge in [-0.05, 0) is 68.1 Å². The lowest BCUT2D eigenvalue weighted by Gasteiger charge is -2.16. The number of nitrogens with one attached hydrogen (secondary N) is 2. The van der Waals surface area contributed by atoms with Crippen LogP contribution in [0.3, 0.4) is 0 Å². The molecule has 0 radical (unpaired) electrons. The van der Waals surface area contributed by atoms with E-state index in [9.17, 15) is 4.79 Å². The van der Waals surface area contributed by atoms with Crippen LogP contribution in [0.2, 0.25) is 0 Å². The molecule has 24 heavy (non-hydrogen) atoms. The third-order valence-electron chi connectivity index (χ3n) is 3.87. The first kappa shape index (κ1) is 17.9. The lowest BCUT2D eigenvalue weighted by Crippen LogP contribution is -2.38. The molecule has 2 N–H and O–H groups in total. The molecule has 2 aromatic carbocycles. The summed E-state index contributed by atoms with van der Waals surface area (Å²) in [5.74, 6) is 0.844. The van der Waals surface area contributed by atoms with Crippen molar-refractivity contribution in [3.05, 3.63) is 59.2 Å². The number of ether oxygens (including phenoxy) is 1. The summed E-state index contributed by atoms with van der Waals surface area (Å²) >= 11 is 0. The lowest BCUT2D eigenvalue weighted by molar-refractivity contribution is -0.121. The number of aryl methyl sites for hydroxylation is 2. The Labute approximate surface area is 144 Å². The molecule has 0 unspecified atom stereocenters. The first-order chi connectivity index (χ1) is 11.5. The molecule has 2 aromatic rings. The van der Waals surface area contributed by atoms with Gasteiger partial charge in [0.15, 0.2) is 0 Å². The second kappa shape index (κ2) is 8.39. The van der Waals surface area contributed by atoms with Crippen molar-refractivity contribution in [3.8, 4) is 5.75 Å². The second-order valence-electron chi connectivity index (χ2n) is 6.13. The van der Waals surface area contributed by atoms with Crippen LogP contribution < -0.4 is 15.4 Å². The maximum Gasteiger partial charge on any atom is 0.242 e. The highest BCUT2D eigenvalue weighted by Gasteiger charge is 2.12. The molecule has 0 aliphatic rings. The minimum atomic E-state index is -0.276. The molecule has 0 aromatic heterocycles. The van der Waals surface area contributed by atoms with Crippen LogP contribution in [-0.4, -0.2) is 25.6 Å². The van der Waals surface area contributed by atoms with Gasteiger partial charge < -0.3 is 15.4 Å². The minimum absolute atomic E-state index is 0.00247. The maximum absolute atomic E-state index is 12.2. The van der Waals surface area contributed by atoms with Crippen molar-refractivity contribution in [2.24, 2.45) is 0 Å². The summed E-state index contributed by atoms with van der Waals surface area (Å²) < 4.78 is 5.14. The fourth-order valence-corrected chi connectivity index (χ4v) is 2.65. The highest BCUT2D eigenvalue weighted by atomic mass is 16.5. The van der Waals surface area contributed by atoms with Gasteiger partial charge in [0, 0.05) is 12.2 Å². The normalized spacial score (nSPS) is 11.7. The number of methoxy groups -OCH3 is 1. The first-order valence-corrected chi connectivity index (χ1v) is 8.23. The number of hydrogen-bond acceptors (Lipinski definition) is 3. The van der Waals surface area contributed by atoms with Gasteiger partial charge in [-0.3, -0.25) is 4.79 Å². The summed E-state index contributed by atoms with van der Waals surface area (Å²) in [6.07, 6.45) is 0.798. The molecule has 128 valence electrons. The molecule has 0 fully saturated rings. The fraction of sp³-hybridized carbons (Fsp3) is 0.350. The van der Waals surface area contributed by atoms with Crippen LogP contribution in [0.4, 0.5) is 5.69 Å². The molecule has 4 nitrogen and oxygen atoms in total. The number of hydrogen-bond donors (Lipinski definition) is 2. The van der Waals surface area contributed by atoms with Crippen molar-refractivity contribution in [1.29, 1.82) is 0 Å². The van der Waals surface area contributed by atoms with Crippen LogP contribution in [0.25, 0.3) is 0 Å². The molecule has 0 aliphatic carbocycles. The van der Waals surface area contributed by atoms with Gasteiger partial charge in [-0.1, -0.05) is 18.2 Å². The summed E-state index contributed by atoms with van der Waals surface area (Å²) in [6, 6.07) is 13.8. The van der Waals surface area contributed by atoms with Gasteiger partial charge in [0.2, 0.25) is 5.91 Å². The molecular formula is C20H26N2O2. The average Bonchev–Trinajstić information content (AvgIpc) is 2.54. The van der Waals surface area contributed by atoms with Crippen molar-refractivity contribution in [2.75, 3.05) is 19.0 Å². The van der Waals surface area contributed by atoms with E-state index in [2.05, 4.69) is 30.5 Å². The number of carbonyl (C=O) groups is 1.